The third-order valence-corrected chi connectivity index (χ3v) is 5.01. The predicted molar refractivity (Wildman–Crippen MR) is 127 cm³/mol. The van der Waals surface area contributed by atoms with E-state index in [0.717, 1.165) is 16.7 Å². The second-order valence-electron chi connectivity index (χ2n) is 7.65. The number of hydrogen-bond donors (Lipinski definition) is 2. The zero-order valence-corrected chi connectivity index (χ0v) is 18.8. The molecule has 0 aromatic heterocycles. The molecule has 0 saturated heterocycles. The Balaban J connectivity index is 1.52. The van der Waals surface area contributed by atoms with Gasteiger partial charge in [-0.3, -0.25) is 4.79 Å². The Kier molecular flexibility index (Phi) is 9.68. The first-order valence-corrected chi connectivity index (χ1v) is 11.1. The summed E-state index contributed by atoms with van der Waals surface area (Å²) >= 11 is 0. The molecule has 0 aliphatic rings. The summed E-state index contributed by atoms with van der Waals surface area (Å²) in [6.07, 6.45) is -0.638. The van der Waals surface area contributed by atoms with Crippen molar-refractivity contribution in [3.63, 3.8) is 0 Å². The van der Waals surface area contributed by atoms with Crippen LogP contribution in [0.15, 0.2) is 91.0 Å². The van der Waals surface area contributed by atoms with Gasteiger partial charge in [0.1, 0.15) is 19.3 Å². The van der Waals surface area contributed by atoms with E-state index in [0.29, 0.717) is 6.54 Å². The molecule has 0 unspecified atom stereocenters. The minimum absolute atomic E-state index is 0.0386. The van der Waals surface area contributed by atoms with Gasteiger partial charge in [0, 0.05) is 13.0 Å². The monoisotopic (exact) mass is 460 g/mol. The molecule has 0 aliphatic heterocycles. The number of hydrogen-bond acceptors (Lipinski definition) is 5. The largest absolute Gasteiger partial charge is 0.459 e. The highest BCUT2D eigenvalue weighted by Crippen LogP contribution is 2.07. The molecule has 176 valence electrons. The lowest BCUT2D eigenvalue weighted by Gasteiger charge is -2.18. The zero-order valence-electron chi connectivity index (χ0n) is 18.8. The number of nitrogens with one attached hydrogen (secondary N) is 2. The van der Waals surface area contributed by atoms with Crippen LogP contribution in [0.3, 0.4) is 0 Å². The van der Waals surface area contributed by atoms with E-state index in [1.165, 1.54) is 0 Å². The van der Waals surface area contributed by atoms with Gasteiger partial charge in [0.2, 0.25) is 5.91 Å². The lowest BCUT2D eigenvalue weighted by molar-refractivity contribution is -0.147. The summed E-state index contributed by atoms with van der Waals surface area (Å²) in [6.45, 7) is 0.516. The average Bonchev–Trinajstić information content (AvgIpc) is 2.89. The van der Waals surface area contributed by atoms with Crippen LogP contribution < -0.4 is 10.6 Å². The third-order valence-electron chi connectivity index (χ3n) is 5.01. The first-order chi connectivity index (χ1) is 16.6. The molecule has 7 heteroatoms. The van der Waals surface area contributed by atoms with Crippen molar-refractivity contribution in [1.82, 2.24) is 10.6 Å². The molecule has 34 heavy (non-hydrogen) atoms. The van der Waals surface area contributed by atoms with Crippen LogP contribution in [0.2, 0.25) is 0 Å². The summed E-state index contributed by atoms with van der Waals surface area (Å²) in [5.41, 5.74) is 2.61. The third kappa shape index (κ3) is 8.78. The summed E-state index contributed by atoms with van der Waals surface area (Å²) in [4.78, 5) is 37.3. The van der Waals surface area contributed by atoms with Gasteiger partial charge in [-0.05, 0) is 23.1 Å². The van der Waals surface area contributed by atoms with Gasteiger partial charge in [-0.2, -0.15) is 0 Å². The van der Waals surface area contributed by atoms with Crippen molar-refractivity contribution in [3.8, 4) is 0 Å². The molecule has 0 bridgehead atoms. The van der Waals surface area contributed by atoms with Gasteiger partial charge in [0.05, 0.1) is 0 Å². The van der Waals surface area contributed by atoms with Gasteiger partial charge in [-0.25, -0.2) is 9.59 Å². The molecule has 0 spiro atoms. The molecule has 0 saturated carbocycles. The van der Waals surface area contributed by atoms with Crippen molar-refractivity contribution in [2.45, 2.75) is 38.6 Å². The molecule has 2 N–H and O–H groups in total. The second kappa shape index (κ2) is 13.4. The maximum atomic E-state index is 12.7. The fraction of sp³-hybridized carbons (Fsp3) is 0.222. The number of carbonyl (C=O) groups is 3. The molecule has 1 atom stereocenters. The standard InChI is InChI=1S/C27H28N2O5/c30-25(28-18-21-10-4-1-5-11-21)17-16-24(26(31)33-19-22-12-6-2-7-13-22)29-27(32)34-20-23-14-8-3-9-15-23/h1-15,24H,16-20H2,(H,28,30)(H,29,32)/t24-/m1/s1. The SMILES string of the molecule is O=C(CC[C@@H](NC(=O)OCc1ccccc1)C(=O)OCc1ccccc1)NCc1ccccc1. The lowest BCUT2D eigenvalue weighted by atomic mass is 10.1. The van der Waals surface area contributed by atoms with E-state index in [4.69, 9.17) is 9.47 Å². The topological polar surface area (TPSA) is 93.7 Å². The van der Waals surface area contributed by atoms with Gasteiger partial charge in [0.25, 0.3) is 0 Å². The molecule has 0 aliphatic carbocycles. The van der Waals surface area contributed by atoms with Crippen molar-refractivity contribution >= 4 is 18.0 Å². The molecular formula is C27H28N2O5. The second-order valence-corrected chi connectivity index (χ2v) is 7.65. The van der Waals surface area contributed by atoms with Crippen LogP contribution in [-0.4, -0.2) is 24.0 Å². The highest BCUT2D eigenvalue weighted by molar-refractivity contribution is 5.83. The van der Waals surface area contributed by atoms with Gasteiger partial charge in [-0.15, -0.1) is 0 Å². The summed E-state index contributed by atoms with van der Waals surface area (Å²) in [5.74, 6) is -0.861. The summed E-state index contributed by atoms with van der Waals surface area (Å²) in [5, 5.41) is 5.35. The van der Waals surface area contributed by atoms with Crippen molar-refractivity contribution < 1.29 is 23.9 Å². The number of amides is 2. The normalized spacial score (nSPS) is 11.2. The zero-order chi connectivity index (χ0) is 24.0. The highest BCUT2D eigenvalue weighted by atomic mass is 16.6. The minimum Gasteiger partial charge on any atom is -0.459 e. The number of alkyl carbamates (subject to hydrolysis) is 1. The number of benzene rings is 3. The van der Waals surface area contributed by atoms with Gasteiger partial charge < -0.3 is 20.1 Å². The fourth-order valence-corrected chi connectivity index (χ4v) is 3.15. The first-order valence-electron chi connectivity index (χ1n) is 11.1. The van der Waals surface area contributed by atoms with Crippen LogP contribution in [0.1, 0.15) is 29.5 Å². The van der Waals surface area contributed by atoms with Gasteiger partial charge >= 0.3 is 12.1 Å². The van der Waals surface area contributed by atoms with E-state index in [-0.39, 0.29) is 32.0 Å². The molecule has 0 fully saturated rings. The minimum atomic E-state index is -1.02. The molecule has 3 aromatic rings. The smallest absolute Gasteiger partial charge is 0.408 e. The van der Waals surface area contributed by atoms with Crippen LogP contribution in [0.25, 0.3) is 0 Å². The van der Waals surface area contributed by atoms with Crippen molar-refractivity contribution in [2.24, 2.45) is 0 Å². The Bertz CT molecular complexity index is 1040. The van der Waals surface area contributed by atoms with E-state index < -0.39 is 18.1 Å². The molecule has 0 heterocycles. The molecule has 3 rings (SSSR count). The molecule has 3 aromatic carbocycles. The van der Waals surface area contributed by atoms with Gasteiger partial charge in [0.15, 0.2) is 0 Å². The predicted octanol–water partition coefficient (Wildman–Crippen LogP) is 4.12. The Morgan fingerprint density at radius 1 is 0.676 bits per heavy atom. The Morgan fingerprint density at radius 2 is 1.18 bits per heavy atom. The van der Waals surface area contributed by atoms with Crippen molar-refractivity contribution in [1.29, 1.82) is 0 Å². The molecule has 7 nitrogen and oxygen atoms in total. The van der Waals surface area contributed by atoms with Crippen molar-refractivity contribution in [2.75, 3.05) is 0 Å². The maximum absolute atomic E-state index is 12.7. The lowest BCUT2D eigenvalue weighted by Crippen LogP contribution is -2.42. The Hall–Kier alpha value is -4.13. The first kappa shape index (κ1) is 24.5. The number of carbonyl (C=O) groups excluding carboxylic acids is 3. The Labute approximate surface area is 199 Å². The number of esters is 1. The quantitative estimate of drug-likeness (QED) is 0.420. The van der Waals surface area contributed by atoms with Gasteiger partial charge in [-0.1, -0.05) is 91.0 Å². The summed E-state index contributed by atoms with van der Waals surface area (Å²) < 4.78 is 10.6. The van der Waals surface area contributed by atoms with E-state index >= 15 is 0 Å². The number of ether oxygens (including phenoxy) is 2. The highest BCUT2D eigenvalue weighted by Gasteiger charge is 2.24. The summed E-state index contributed by atoms with van der Waals surface area (Å²) in [7, 11) is 0. The number of rotatable bonds is 11. The molecule has 2 amide bonds. The molecule has 0 radical (unpaired) electrons. The van der Waals surface area contributed by atoms with Crippen LogP contribution >= 0.6 is 0 Å². The van der Waals surface area contributed by atoms with Crippen molar-refractivity contribution in [3.05, 3.63) is 108 Å². The molecular weight excluding hydrogens is 432 g/mol. The van der Waals surface area contributed by atoms with Crippen LogP contribution in [-0.2, 0) is 38.8 Å². The van der Waals surface area contributed by atoms with Crippen LogP contribution in [0.5, 0.6) is 0 Å². The summed E-state index contributed by atoms with van der Waals surface area (Å²) in [6, 6.07) is 26.9. The maximum Gasteiger partial charge on any atom is 0.408 e. The average molecular weight is 461 g/mol. The van der Waals surface area contributed by atoms with Crippen LogP contribution in [0, 0.1) is 0 Å². The van der Waals surface area contributed by atoms with E-state index in [9.17, 15) is 14.4 Å². The van der Waals surface area contributed by atoms with E-state index in [2.05, 4.69) is 10.6 Å². The van der Waals surface area contributed by atoms with Crippen LogP contribution in [0.4, 0.5) is 4.79 Å². The van der Waals surface area contributed by atoms with E-state index in [1.54, 1.807) is 0 Å². The van der Waals surface area contributed by atoms with E-state index in [1.807, 2.05) is 91.0 Å². The fourth-order valence-electron chi connectivity index (χ4n) is 3.15. The Morgan fingerprint density at radius 3 is 1.74 bits per heavy atom.